The fourth-order valence-electron chi connectivity index (χ4n) is 2.21. The van der Waals surface area contributed by atoms with Gasteiger partial charge < -0.3 is 10.1 Å². The van der Waals surface area contributed by atoms with Crippen LogP contribution >= 0.6 is 0 Å². The van der Waals surface area contributed by atoms with Gasteiger partial charge in [0.1, 0.15) is 12.9 Å². The average molecular weight is 281 g/mol. The molecule has 1 aromatic heterocycles. The van der Waals surface area contributed by atoms with E-state index in [1.807, 2.05) is 53.1 Å². The van der Waals surface area contributed by atoms with Crippen molar-refractivity contribution in [2.24, 2.45) is 0 Å². The Kier molecular flexibility index (Phi) is 3.66. The van der Waals surface area contributed by atoms with Crippen molar-refractivity contribution in [2.75, 3.05) is 19.0 Å². The van der Waals surface area contributed by atoms with E-state index in [1.54, 1.807) is 6.33 Å². The molecule has 3 rings (SSSR count). The fraction of sp³-hybridized carbons (Fsp3) is 0.125. The third-order valence-electron chi connectivity index (χ3n) is 3.14. The lowest BCUT2D eigenvalue weighted by Gasteiger charge is -2.06. The maximum Gasteiger partial charge on any atom is 0.250 e. The second-order valence-corrected chi connectivity index (χ2v) is 4.63. The number of benzene rings is 2. The molecular formula is C16H15N3O2. The number of ether oxygens (including phenoxy) is 1. The minimum Gasteiger partial charge on any atom is -0.375 e. The molecule has 1 N–H and O–H groups in total. The van der Waals surface area contributed by atoms with E-state index in [-0.39, 0.29) is 12.5 Å². The third-order valence-corrected chi connectivity index (χ3v) is 3.14. The smallest absolute Gasteiger partial charge is 0.250 e. The van der Waals surface area contributed by atoms with Gasteiger partial charge >= 0.3 is 0 Å². The minimum absolute atomic E-state index is 0.0382. The molecule has 0 saturated heterocycles. The van der Waals surface area contributed by atoms with Gasteiger partial charge in [-0.1, -0.05) is 18.2 Å². The van der Waals surface area contributed by atoms with Gasteiger partial charge in [-0.15, -0.1) is 0 Å². The molecule has 106 valence electrons. The van der Waals surface area contributed by atoms with Crippen LogP contribution in [0.3, 0.4) is 0 Å². The number of nitrogens with one attached hydrogen (secondary N) is 1. The molecule has 3 aromatic rings. The number of anilines is 1. The van der Waals surface area contributed by atoms with Gasteiger partial charge in [0.15, 0.2) is 0 Å². The van der Waals surface area contributed by atoms with Crippen LogP contribution in [0.25, 0.3) is 16.7 Å². The largest absolute Gasteiger partial charge is 0.375 e. The molecule has 5 nitrogen and oxygen atoms in total. The van der Waals surface area contributed by atoms with E-state index >= 15 is 0 Å². The van der Waals surface area contributed by atoms with Gasteiger partial charge in [0.2, 0.25) is 5.91 Å². The van der Waals surface area contributed by atoms with Crippen LogP contribution < -0.4 is 5.32 Å². The predicted molar refractivity (Wildman–Crippen MR) is 81.6 cm³/mol. The van der Waals surface area contributed by atoms with Gasteiger partial charge in [-0.05, 0) is 30.3 Å². The van der Waals surface area contributed by atoms with E-state index in [0.717, 1.165) is 16.7 Å². The van der Waals surface area contributed by atoms with E-state index in [1.165, 1.54) is 7.11 Å². The standard InChI is InChI=1S/C16H15N3O2/c1-21-10-16(20)18-12-7-8-15-14(9-12)17-11-19(15)13-5-3-2-4-6-13/h2-9,11H,10H2,1H3,(H,18,20). The molecule has 0 spiro atoms. The number of amides is 1. The van der Waals surface area contributed by atoms with E-state index in [9.17, 15) is 4.79 Å². The Morgan fingerprint density at radius 3 is 2.81 bits per heavy atom. The summed E-state index contributed by atoms with van der Waals surface area (Å²) in [6.07, 6.45) is 1.78. The number of hydrogen-bond acceptors (Lipinski definition) is 3. The molecule has 0 aliphatic heterocycles. The van der Waals surface area contributed by atoms with Crippen molar-refractivity contribution >= 4 is 22.6 Å². The lowest BCUT2D eigenvalue weighted by atomic mass is 10.2. The highest BCUT2D eigenvalue weighted by Gasteiger charge is 2.07. The second-order valence-electron chi connectivity index (χ2n) is 4.63. The van der Waals surface area contributed by atoms with Crippen LogP contribution in [0.2, 0.25) is 0 Å². The molecule has 1 amide bonds. The average Bonchev–Trinajstić information content (AvgIpc) is 2.91. The first-order valence-electron chi connectivity index (χ1n) is 6.59. The van der Waals surface area contributed by atoms with Crippen LogP contribution in [0, 0.1) is 0 Å². The van der Waals surface area contributed by atoms with E-state index in [2.05, 4.69) is 10.3 Å². The van der Waals surface area contributed by atoms with Gasteiger partial charge in [0, 0.05) is 18.5 Å². The monoisotopic (exact) mass is 281 g/mol. The highest BCUT2D eigenvalue weighted by atomic mass is 16.5. The topological polar surface area (TPSA) is 56.1 Å². The summed E-state index contributed by atoms with van der Waals surface area (Å²) in [5.74, 6) is -0.181. The zero-order chi connectivity index (χ0) is 14.7. The Balaban J connectivity index is 1.93. The zero-order valence-corrected chi connectivity index (χ0v) is 11.6. The first-order chi connectivity index (χ1) is 10.3. The van der Waals surface area contributed by atoms with Gasteiger partial charge in [0.25, 0.3) is 0 Å². The van der Waals surface area contributed by atoms with Gasteiger partial charge in [-0.3, -0.25) is 9.36 Å². The number of para-hydroxylation sites is 1. The summed E-state index contributed by atoms with van der Waals surface area (Å²) in [6.45, 7) is 0.0382. The van der Waals surface area contributed by atoms with Crippen molar-refractivity contribution in [3.63, 3.8) is 0 Å². The summed E-state index contributed by atoms with van der Waals surface area (Å²) in [4.78, 5) is 15.9. The van der Waals surface area contributed by atoms with E-state index < -0.39 is 0 Å². The number of nitrogens with zero attached hydrogens (tertiary/aromatic N) is 2. The molecular weight excluding hydrogens is 266 g/mol. The quantitative estimate of drug-likeness (QED) is 0.799. The van der Waals surface area contributed by atoms with Crippen LogP contribution in [0.1, 0.15) is 0 Å². The van der Waals surface area contributed by atoms with Crippen molar-refractivity contribution in [2.45, 2.75) is 0 Å². The van der Waals surface area contributed by atoms with E-state index in [4.69, 9.17) is 4.74 Å². The number of hydrogen-bond donors (Lipinski definition) is 1. The van der Waals surface area contributed by atoms with Crippen LogP contribution in [0.4, 0.5) is 5.69 Å². The molecule has 0 aliphatic carbocycles. The van der Waals surface area contributed by atoms with Gasteiger partial charge in [-0.25, -0.2) is 4.98 Å². The van der Waals surface area contributed by atoms with Crippen LogP contribution in [0.5, 0.6) is 0 Å². The van der Waals surface area contributed by atoms with Crippen molar-refractivity contribution in [3.05, 3.63) is 54.9 Å². The Labute approximate surface area is 122 Å². The number of aromatic nitrogens is 2. The van der Waals surface area contributed by atoms with Crippen LogP contribution in [-0.4, -0.2) is 29.2 Å². The fourth-order valence-corrected chi connectivity index (χ4v) is 2.21. The Hall–Kier alpha value is -2.66. The summed E-state index contributed by atoms with van der Waals surface area (Å²) in [5, 5.41) is 2.77. The van der Waals surface area contributed by atoms with Crippen molar-refractivity contribution in [1.29, 1.82) is 0 Å². The van der Waals surface area contributed by atoms with Crippen LogP contribution in [-0.2, 0) is 9.53 Å². The first-order valence-corrected chi connectivity index (χ1v) is 6.59. The highest BCUT2D eigenvalue weighted by Crippen LogP contribution is 2.21. The molecule has 0 unspecified atom stereocenters. The highest BCUT2D eigenvalue weighted by molar-refractivity contribution is 5.94. The number of fused-ring (bicyclic) bond motifs is 1. The van der Waals surface area contributed by atoms with Crippen molar-refractivity contribution < 1.29 is 9.53 Å². The molecule has 0 atom stereocenters. The summed E-state index contributed by atoms with van der Waals surface area (Å²) in [7, 11) is 1.49. The maximum atomic E-state index is 11.5. The molecule has 0 aliphatic rings. The minimum atomic E-state index is -0.181. The number of rotatable bonds is 4. The second kappa shape index (κ2) is 5.76. The third kappa shape index (κ3) is 2.78. The normalized spacial score (nSPS) is 10.7. The number of imidazole rings is 1. The Morgan fingerprint density at radius 2 is 2.05 bits per heavy atom. The van der Waals surface area contributed by atoms with Gasteiger partial charge in [-0.2, -0.15) is 0 Å². The molecule has 0 fully saturated rings. The molecule has 2 aromatic carbocycles. The molecule has 21 heavy (non-hydrogen) atoms. The summed E-state index contributed by atoms with van der Waals surface area (Å²) >= 11 is 0. The number of carbonyl (C=O) groups is 1. The first kappa shape index (κ1) is 13.3. The summed E-state index contributed by atoms with van der Waals surface area (Å²) in [6, 6.07) is 15.6. The van der Waals surface area contributed by atoms with Crippen LogP contribution in [0.15, 0.2) is 54.9 Å². The van der Waals surface area contributed by atoms with Gasteiger partial charge in [0.05, 0.1) is 11.0 Å². The Bertz CT molecular complexity index is 766. The molecule has 0 saturated carbocycles. The lowest BCUT2D eigenvalue weighted by molar-refractivity contribution is -0.119. The van der Waals surface area contributed by atoms with E-state index in [0.29, 0.717) is 5.69 Å². The lowest BCUT2D eigenvalue weighted by Crippen LogP contribution is -2.16. The summed E-state index contributed by atoms with van der Waals surface area (Å²) in [5.41, 5.74) is 3.58. The molecule has 0 bridgehead atoms. The number of methoxy groups -OCH3 is 1. The molecule has 5 heteroatoms. The SMILES string of the molecule is COCC(=O)Nc1ccc2c(c1)ncn2-c1ccccc1. The maximum absolute atomic E-state index is 11.5. The number of carbonyl (C=O) groups excluding carboxylic acids is 1. The predicted octanol–water partition coefficient (Wildman–Crippen LogP) is 2.61. The molecule has 1 heterocycles. The Morgan fingerprint density at radius 1 is 1.24 bits per heavy atom. The molecule has 0 radical (unpaired) electrons. The van der Waals surface area contributed by atoms with Crippen molar-refractivity contribution in [1.82, 2.24) is 9.55 Å². The summed E-state index contributed by atoms with van der Waals surface area (Å²) < 4.78 is 6.80. The van der Waals surface area contributed by atoms with Crippen molar-refractivity contribution in [3.8, 4) is 5.69 Å². The zero-order valence-electron chi connectivity index (χ0n) is 11.6.